The van der Waals surface area contributed by atoms with Crippen LogP contribution in [-0.4, -0.2) is 11.1 Å². The van der Waals surface area contributed by atoms with Gasteiger partial charge in [-0.15, -0.1) is 0 Å². The van der Waals surface area contributed by atoms with Crippen LogP contribution >= 0.6 is 0 Å². The summed E-state index contributed by atoms with van der Waals surface area (Å²) in [4.78, 5) is 11.2. The van der Waals surface area contributed by atoms with E-state index in [1.54, 1.807) is 0 Å². The lowest BCUT2D eigenvalue weighted by Gasteiger charge is -2.38. The molecule has 0 saturated heterocycles. The van der Waals surface area contributed by atoms with Crippen LogP contribution in [0.3, 0.4) is 0 Å². The van der Waals surface area contributed by atoms with Gasteiger partial charge in [-0.05, 0) is 69.1 Å². The second kappa shape index (κ2) is 8.00. The molecular weight excluding hydrogens is 260 g/mol. The van der Waals surface area contributed by atoms with Crippen LogP contribution < -0.4 is 0 Å². The molecule has 2 saturated carbocycles. The molecule has 2 aliphatic carbocycles. The molecule has 0 radical (unpaired) electrons. The zero-order valence-electron chi connectivity index (χ0n) is 13.8. The fourth-order valence-electron chi connectivity index (χ4n) is 4.79. The second-order valence-corrected chi connectivity index (χ2v) is 7.23. The van der Waals surface area contributed by atoms with Crippen LogP contribution in [0.25, 0.3) is 0 Å². The van der Waals surface area contributed by atoms with Crippen molar-refractivity contribution >= 4 is 5.97 Å². The molecule has 2 heteroatoms. The van der Waals surface area contributed by atoms with Crippen LogP contribution in [0.15, 0.2) is 11.6 Å². The highest BCUT2D eigenvalue weighted by Crippen LogP contribution is 2.43. The molecule has 2 aliphatic rings. The third kappa shape index (κ3) is 4.34. The minimum absolute atomic E-state index is 0.306. The normalized spacial score (nSPS) is 34.7. The number of allylic oxidation sites excluding steroid dienone is 1. The van der Waals surface area contributed by atoms with Crippen LogP contribution in [0.4, 0.5) is 0 Å². The Balaban J connectivity index is 1.78. The number of hydrogen-bond donors (Lipinski definition) is 1. The second-order valence-electron chi connectivity index (χ2n) is 7.23. The summed E-state index contributed by atoms with van der Waals surface area (Å²) < 4.78 is 0. The lowest BCUT2D eigenvalue weighted by atomic mass is 9.68. The third-order valence-corrected chi connectivity index (χ3v) is 6.02. The van der Waals surface area contributed by atoms with Gasteiger partial charge in [-0.25, -0.2) is 4.79 Å². The SMILES string of the molecule is CC=C(C(=O)O)[C@H]1CC[C@H]([C@H]2CC[C@H](CCC)CC2)CC1. The fraction of sp³-hybridized carbons (Fsp3) is 0.842. The van der Waals surface area contributed by atoms with Gasteiger partial charge in [0, 0.05) is 5.57 Å². The van der Waals surface area contributed by atoms with E-state index < -0.39 is 5.97 Å². The lowest BCUT2D eigenvalue weighted by Crippen LogP contribution is -2.27. The van der Waals surface area contributed by atoms with Crippen molar-refractivity contribution in [3.63, 3.8) is 0 Å². The van der Waals surface area contributed by atoms with E-state index in [-0.39, 0.29) is 0 Å². The molecule has 120 valence electrons. The maximum Gasteiger partial charge on any atom is 0.331 e. The van der Waals surface area contributed by atoms with Gasteiger partial charge < -0.3 is 5.11 Å². The number of rotatable bonds is 5. The Morgan fingerprint density at radius 1 is 1.00 bits per heavy atom. The first-order valence-corrected chi connectivity index (χ1v) is 9.05. The van der Waals surface area contributed by atoms with Gasteiger partial charge in [-0.1, -0.05) is 38.7 Å². The molecule has 0 unspecified atom stereocenters. The maximum atomic E-state index is 11.2. The topological polar surface area (TPSA) is 37.3 Å². The van der Waals surface area contributed by atoms with Crippen molar-refractivity contribution < 1.29 is 9.90 Å². The molecule has 0 atom stereocenters. The summed E-state index contributed by atoms with van der Waals surface area (Å²) in [5, 5.41) is 9.25. The Kier molecular flexibility index (Phi) is 6.32. The number of aliphatic carboxylic acids is 1. The van der Waals surface area contributed by atoms with E-state index in [1.807, 2.05) is 13.0 Å². The molecule has 1 N–H and O–H groups in total. The summed E-state index contributed by atoms with van der Waals surface area (Å²) in [5.74, 6) is 2.39. The average molecular weight is 292 g/mol. The van der Waals surface area contributed by atoms with Crippen LogP contribution in [0.5, 0.6) is 0 Å². The van der Waals surface area contributed by atoms with E-state index in [0.717, 1.165) is 30.6 Å². The van der Waals surface area contributed by atoms with E-state index in [4.69, 9.17) is 0 Å². The zero-order valence-corrected chi connectivity index (χ0v) is 13.8. The van der Waals surface area contributed by atoms with Gasteiger partial charge in [-0.2, -0.15) is 0 Å². The predicted molar refractivity (Wildman–Crippen MR) is 87.2 cm³/mol. The van der Waals surface area contributed by atoms with Crippen molar-refractivity contribution in [3.8, 4) is 0 Å². The van der Waals surface area contributed by atoms with E-state index in [2.05, 4.69) is 6.92 Å². The summed E-state index contributed by atoms with van der Waals surface area (Å²) in [6.45, 7) is 4.17. The minimum Gasteiger partial charge on any atom is -0.478 e. The smallest absolute Gasteiger partial charge is 0.331 e. The number of carboxylic acid groups (broad SMARTS) is 1. The average Bonchev–Trinajstić information content (AvgIpc) is 2.49. The molecule has 2 rings (SSSR count). The quantitative estimate of drug-likeness (QED) is 0.686. The van der Waals surface area contributed by atoms with Gasteiger partial charge in [0.15, 0.2) is 0 Å². The summed E-state index contributed by atoms with van der Waals surface area (Å²) >= 11 is 0. The first kappa shape index (κ1) is 16.6. The van der Waals surface area contributed by atoms with Gasteiger partial charge in [0.25, 0.3) is 0 Å². The predicted octanol–water partition coefficient (Wildman–Crippen LogP) is 5.43. The van der Waals surface area contributed by atoms with Gasteiger partial charge in [0.05, 0.1) is 0 Å². The van der Waals surface area contributed by atoms with Crippen molar-refractivity contribution in [3.05, 3.63) is 11.6 Å². The first-order chi connectivity index (χ1) is 10.2. The van der Waals surface area contributed by atoms with Gasteiger partial charge in [-0.3, -0.25) is 0 Å². The van der Waals surface area contributed by atoms with Crippen LogP contribution in [0, 0.1) is 23.7 Å². The maximum absolute atomic E-state index is 11.2. The van der Waals surface area contributed by atoms with E-state index in [9.17, 15) is 9.90 Å². The molecule has 2 nitrogen and oxygen atoms in total. The van der Waals surface area contributed by atoms with Crippen molar-refractivity contribution in [2.45, 2.75) is 78.1 Å². The van der Waals surface area contributed by atoms with Crippen LogP contribution in [-0.2, 0) is 4.79 Å². The Morgan fingerprint density at radius 2 is 1.52 bits per heavy atom. The van der Waals surface area contributed by atoms with Crippen molar-refractivity contribution in [2.24, 2.45) is 23.7 Å². The van der Waals surface area contributed by atoms with Crippen LogP contribution in [0.2, 0.25) is 0 Å². The van der Waals surface area contributed by atoms with E-state index in [0.29, 0.717) is 11.5 Å². The Hall–Kier alpha value is -0.790. The highest BCUT2D eigenvalue weighted by molar-refractivity contribution is 5.87. The standard InChI is InChI=1S/C19H32O2/c1-3-5-14-6-8-15(9-7-14)16-10-12-17(13-11-16)18(4-2)19(20)21/h4,14-17H,3,5-13H2,1-2H3,(H,20,21)/t14-,15-,16-,17-. The molecule has 0 heterocycles. The molecule has 0 aromatic carbocycles. The summed E-state index contributed by atoms with van der Waals surface area (Å²) in [5.41, 5.74) is 0.653. The van der Waals surface area contributed by atoms with E-state index >= 15 is 0 Å². The highest BCUT2D eigenvalue weighted by atomic mass is 16.4. The fourth-order valence-corrected chi connectivity index (χ4v) is 4.79. The Labute approximate surface area is 130 Å². The highest BCUT2D eigenvalue weighted by Gasteiger charge is 2.32. The molecule has 0 bridgehead atoms. The number of carbonyl (C=O) groups is 1. The van der Waals surface area contributed by atoms with Gasteiger partial charge in [0.2, 0.25) is 0 Å². The van der Waals surface area contributed by atoms with Gasteiger partial charge in [0.1, 0.15) is 0 Å². The van der Waals surface area contributed by atoms with Gasteiger partial charge >= 0.3 is 5.97 Å². The Bertz CT molecular complexity index is 356. The summed E-state index contributed by atoms with van der Waals surface area (Å²) in [7, 11) is 0. The summed E-state index contributed by atoms with van der Waals surface area (Å²) in [6.07, 6.45) is 15.0. The molecule has 21 heavy (non-hydrogen) atoms. The van der Waals surface area contributed by atoms with Crippen molar-refractivity contribution in [2.75, 3.05) is 0 Å². The molecule has 0 aromatic heterocycles. The van der Waals surface area contributed by atoms with Crippen LogP contribution in [0.1, 0.15) is 78.1 Å². The summed E-state index contributed by atoms with van der Waals surface area (Å²) in [6, 6.07) is 0. The molecule has 0 amide bonds. The van der Waals surface area contributed by atoms with Crippen molar-refractivity contribution in [1.82, 2.24) is 0 Å². The number of hydrogen-bond acceptors (Lipinski definition) is 1. The van der Waals surface area contributed by atoms with Crippen molar-refractivity contribution in [1.29, 1.82) is 0 Å². The lowest BCUT2D eigenvalue weighted by molar-refractivity contribution is -0.133. The largest absolute Gasteiger partial charge is 0.478 e. The number of carboxylic acids is 1. The molecular formula is C19H32O2. The zero-order chi connectivity index (χ0) is 15.2. The minimum atomic E-state index is -0.707. The third-order valence-electron chi connectivity index (χ3n) is 6.02. The Morgan fingerprint density at radius 3 is 1.95 bits per heavy atom. The first-order valence-electron chi connectivity index (χ1n) is 9.05. The monoisotopic (exact) mass is 292 g/mol. The molecule has 0 aromatic rings. The van der Waals surface area contributed by atoms with E-state index in [1.165, 1.54) is 51.4 Å². The molecule has 0 aliphatic heterocycles. The molecule has 2 fully saturated rings. The molecule has 0 spiro atoms.